The second kappa shape index (κ2) is 8.96. The fraction of sp³-hybridized carbons (Fsp3) is 0.773. The molecule has 4 heterocycles. The van der Waals surface area contributed by atoms with Gasteiger partial charge in [-0.1, -0.05) is 6.92 Å². The Kier molecular flexibility index (Phi) is 6.59. The number of β-lactam (4-membered cyclic amide) rings is 1. The van der Waals surface area contributed by atoms with Crippen LogP contribution in [0.2, 0.25) is 0 Å². The number of aliphatic hydroxyl groups is 1. The number of rotatable bonds is 7. The molecule has 0 spiro atoms. The molecule has 3 N–H and O–H groups in total. The number of thioether (sulfide) groups is 1. The molecule has 3 saturated heterocycles. The molecule has 2 amide bonds. The van der Waals surface area contributed by atoms with Crippen molar-refractivity contribution in [2.45, 2.75) is 50.1 Å². The molecule has 10 heteroatoms. The number of amides is 2. The van der Waals surface area contributed by atoms with Crippen LogP contribution in [0.4, 0.5) is 0 Å². The Morgan fingerprint density at radius 2 is 2.06 bits per heavy atom. The Labute approximate surface area is 193 Å². The monoisotopic (exact) mass is 466 g/mol. The molecule has 4 rings (SSSR count). The molecular formula is C22H34N4O5S. The molecule has 0 unspecified atom stereocenters. The topological polar surface area (TPSA) is 113 Å². The minimum absolute atomic E-state index is 0.0886. The smallest absolute Gasteiger partial charge is 0.353 e. The lowest BCUT2D eigenvalue weighted by molar-refractivity contribution is -0.163. The number of likely N-dealkylation sites (tertiary alicyclic amines) is 1. The van der Waals surface area contributed by atoms with Crippen molar-refractivity contribution in [1.82, 2.24) is 20.0 Å². The van der Waals surface area contributed by atoms with E-state index in [1.54, 1.807) is 37.7 Å². The number of likely N-dealkylation sites (N-methyl/N-ethyl adjacent to an activating group) is 1. The highest BCUT2D eigenvalue weighted by molar-refractivity contribution is 8.03. The van der Waals surface area contributed by atoms with Gasteiger partial charge in [0.25, 0.3) is 0 Å². The van der Waals surface area contributed by atoms with Crippen molar-refractivity contribution in [3.8, 4) is 0 Å². The van der Waals surface area contributed by atoms with Crippen molar-refractivity contribution in [3.05, 3.63) is 10.6 Å². The highest BCUT2D eigenvalue weighted by Gasteiger charge is 2.60. The van der Waals surface area contributed by atoms with E-state index in [1.807, 2.05) is 6.92 Å². The van der Waals surface area contributed by atoms with Crippen molar-refractivity contribution < 1.29 is 24.6 Å². The van der Waals surface area contributed by atoms with Crippen LogP contribution < -0.4 is 5.32 Å². The lowest BCUT2D eigenvalue weighted by Crippen LogP contribution is -2.63. The Hall–Kier alpha value is -1.62. The van der Waals surface area contributed by atoms with E-state index in [-0.39, 0.29) is 40.8 Å². The first kappa shape index (κ1) is 23.5. The molecule has 0 saturated carbocycles. The first-order chi connectivity index (χ1) is 15.1. The van der Waals surface area contributed by atoms with E-state index in [2.05, 4.69) is 10.2 Å². The summed E-state index contributed by atoms with van der Waals surface area (Å²) in [6.45, 7) is 7.16. The van der Waals surface area contributed by atoms with Gasteiger partial charge in [0.05, 0.1) is 24.1 Å². The van der Waals surface area contributed by atoms with Gasteiger partial charge < -0.3 is 30.2 Å². The third-order valence-corrected chi connectivity index (χ3v) is 8.85. The zero-order chi connectivity index (χ0) is 23.3. The van der Waals surface area contributed by atoms with Gasteiger partial charge >= 0.3 is 5.97 Å². The maximum Gasteiger partial charge on any atom is 0.353 e. The fourth-order valence-electron chi connectivity index (χ4n) is 5.73. The van der Waals surface area contributed by atoms with E-state index in [9.17, 15) is 24.6 Å². The number of carboxylic acids is 1. The van der Waals surface area contributed by atoms with Gasteiger partial charge in [-0.15, -0.1) is 11.8 Å². The van der Waals surface area contributed by atoms with Gasteiger partial charge in [-0.3, -0.25) is 9.59 Å². The molecule has 0 aliphatic carbocycles. The van der Waals surface area contributed by atoms with Gasteiger partial charge in [-0.05, 0) is 38.8 Å². The van der Waals surface area contributed by atoms with Crippen LogP contribution in [0.3, 0.4) is 0 Å². The maximum atomic E-state index is 12.5. The number of aliphatic hydroxyl groups excluding tert-OH is 1. The maximum absolute atomic E-state index is 12.5. The van der Waals surface area contributed by atoms with E-state index >= 15 is 0 Å². The van der Waals surface area contributed by atoms with Crippen molar-refractivity contribution in [1.29, 1.82) is 0 Å². The lowest BCUT2D eigenvalue weighted by Gasteiger charge is -2.46. The van der Waals surface area contributed by atoms with Crippen LogP contribution in [-0.2, 0) is 14.4 Å². The zero-order valence-corrected chi connectivity index (χ0v) is 20.0. The third kappa shape index (κ3) is 4.06. The van der Waals surface area contributed by atoms with Crippen molar-refractivity contribution in [3.63, 3.8) is 0 Å². The van der Waals surface area contributed by atoms with Crippen LogP contribution in [0.1, 0.15) is 26.7 Å². The van der Waals surface area contributed by atoms with Crippen LogP contribution >= 0.6 is 11.8 Å². The standard InChI is InChI=1S/C22H34N4O5S/c1-11-17-16(12(2)27)21(29)26(17)18(22(30)31)19(11)32-14-5-6-25(10-14)9-13-7-15(23-8-13)20(28)24(3)4/h11-17,23,27H,5-10H2,1-4H3,(H,30,31)/t11-,12-,13-,14-,15+,16-,17-/m1/s1. The molecule has 3 fully saturated rings. The van der Waals surface area contributed by atoms with Crippen LogP contribution in [-0.4, -0.2) is 106 Å². The van der Waals surface area contributed by atoms with Crippen molar-refractivity contribution in [2.24, 2.45) is 17.8 Å². The van der Waals surface area contributed by atoms with Gasteiger partial charge in [0.15, 0.2) is 0 Å². The van der Waals surface area contributed by atoms with Gasteiger partial charge in [0.2, 0.25) is 11.8 Å². The molecule has 4 aliphatic heterocycles. The van der Waals surface area contributed by atoms with E-state index in [4.69, 9.17) is 0 Å². The minimum atomic E-state index is -1.07. The molecule has 0 aromatic carbocycles. The Bertz CT molecular complexity index is 831. The minimum Gasteiger partial charge on any atom is -0.477 e. The number of hydrogen-bond donors (Lipinski definition) is 3. The molecule has 0 aromatic heterocycles. The zero-order valence-electron chi connectivity index (χ0n) is 19.2. The summed E-state index contributed by atoms with van der Waals surface area (Å²) in [7, 11) is 3.56. The van der Waals surface area contributed by atoms with E-state index < -0.39 is 18.0 Å². The summed E-state index contributed by atoms with van der Waals surface area (Å²) >= 11 is 1.60. The number of hydrogen-bond acceptors (Lipinski definition) is 7. The predicted octanol–water partition coefficient (Wildman–Crippen LogP) is 0.0139. The molecule has 0 radical (unpaired) electrons. The largest absolute Gasteiger partial charge is 0.477 e. The second-order valence-electron chi connectivity index (χ2n) is 9.86. The fourth-order valence-corrected chi connectivity index (χ4v) is 7.25. The van der Waals surface area contributed by atoms with Crippen LogP contribution in [0.15, 0.2) is 10.6 Å². The summed E-state index contributed by atoms with van der Waals surface area (Å²) in [4.78, 5) is 42.9. The normalized spacial score (nSPS) is 35.8. The molecule has 4 aliphatic rings. The number of carbonyl (C=O) groups excluding carboxylic acids is 2. The van der Waals surface area contributed by atoms with Crippen LogP contribution in [0.5, 0.6) is 0 Å². The van der Waals surface area contributed by atoms with Gasteiger partial charge in [0, 0.05) is 43.3 Å². The Morgan fingerprint density at radius 3 is 2.69 bits per heavy atom. The summed E-state index contributed by atoms with van der Waals surface area (Å²) in [6, 6.07) is -0.362. The summed E-state index contributed by atoms with van der Waals surface area (Å²) in [6.07, 6.45) is 1.03. The number of aliphatic carboxylic acids is 1. The van der Waals surface area contributed by atoms with Crippen molar-refractivity contribution >= 4 is 29.5 Å². The first-order valence-corrected chi connectivity index (χ1v) is 12.3. The molecule has 0 aromatic rings. The molecule has 178 valence electrons. The number of carbonyl (C=O) groups is 3. The molecule has 7 atom stereocenters. The quantitative estimate of drug-likeness (QED) is 0.450. The average Bonchev–Trinajstić information content (AvgIpc) is 3.41. The summed E-state index contributed by atoms with van der Waals surface area (Å²) in [5.41, 5.74) is 0.109. The van der Waals surface area contributed by atoms with E-state index in [1.165, 1.54) is 4.90 Å². The SMILES string of the molecule is C[C@@H](O)[C@H]1C(=O)N2C(C(=O)O)=C(S[C@@H]3CCN(C[C@H]4CN[C@H](C(=O)N(C)C)C4)C3)[C@H](C)[C@H]12. The highest BCUT2D eigenvalue weighted by atomic mass is 32.2. The van der Waals surface area contributed by atoms with Gasteiger partial charge in [-0.25, -0.2) is 4.79 Å². The molecule has 9 nitrogen and oxygen atoms in total. The van der Waals surface area contributed by atoms with E-state index in [0.29, 0.717) is 5.92 Å². The number of nitrogens with one attached hydrogen (secondary N) is 1. The average molecular weight is 467 g/mol. The van der Waals surface area contributed by atoms with Crippen LogP contribution in [0.25, 0.3) is 0 Å². The second-order valence-corrected chi connectivity index (χ2v) is 11.2. The molecule has 32 heavy (non-hydrogen) atoms. The van der Waals surface area contributed by atoms with Gasteiger partial charge in [0.1, 0.15) is 5.70 Å². The Morgan fingerprint density at radius 1 is 1.34 bits per heavy atom. The third-order valence-electron chi connectivity index (χ3n) is 7.31. The molecule has 0 bridgehead atoms. The summed E-state index contributed by atoms with van der Waals surface area (Å²) < 4.78 is 0. The first-order valence-electron chi connectivity index (χ1n) is 11.4. The number of nitrogens with zero attached hydrogens (tertiary/aromatic N) is 3. The lowest BCUT2D eigenvalue weighted by atomic mass is 9.79. The van der Waals surface area contributed by atoms with Gasteiger partial charge in [-0.2, -0.15) is 0 Å². The number of fused-ring (bicyclic) bond motifs is 1. The molecular weight excluding hydrogens is 432 g/mol. The van der Waals surface area contributed by atoms with Crippen LogP contribution in [0, 0.1) is 17.8 Å². The number of carboxylic acid groups (broad SMARTS) is 1. The van der Waals surface area contributed by atoms with E-state index in [0.717, 1.165) is 43.9 Å². The predicted molar refractivity (Wildman–Crippen MR) is 121 cm³/mol. The Balaban J connectivity index is 1.36. The summed E-state index contributed by atoms with van der Waals surface area (Å²) in [5.74, 6) is -1.41. The summed E-state index contributed by atoms with van der Waals surface area (Å²) in [5, 5.41) is 23.4. The highest BCUT2D eigenvalue weighted by Crippen LogP contribution is 2.51. The van der Waals surface area contributed by atoms with Crippen molar-refractivity contribution in [2.75, 3.05) is 40.3 Å².